The van der Waals surface area contributed by atoms with Crippen LogP contribution in [0.1, 0.15) is 27.8 Å². The van der Waals surface area contributed by atoms with Crippen LogP contribution in [0, 0.1) is 27.7 Å². The normalized spacial score (nSPS) is 11.0. The summed E-state index contributed by atoms with van der Waals surface area (Å²) in [6.07, 6.45) is 1.10. The van der Waals surface area contributed by atoms with Crippen molar-refractivity contribution in [3.05, 3.63) is 94.5 Å². The minimum atomic E-state index is -0.394. The van der Waals surface area contributed by atoms with E-state index < -0.39 is 7.92 Å². The second-order valence-electron chi connectivity index (χ2n) is 6.65. The average molecular weight is 332 g/mol. The second-order valence-corrected chi connectivity index (χ2v) is 8.79. The monoisotopic (exact) mass is 332 g/mol. The molecule has 24 heavy (non-hydrogen) atoms. The molecule has 0 spiro atoms. The van der Waals surface area contributed by atoms with Gasteiger partial charge in [-0.1, -0.05) is 77.9 Å². The van der Waals surface area contributed by atoms with Crippen LogP contribution in [0.5, 0.6) is 0 Å². The molecule has 0 atom stereocenters. The van der Waals surface area contributed by atoms with Gasteiger partial charge in [0.05, 0.1) is 0 Å². The van der Waals surface area contributed by atoms with Crippen molar-refractivity contribution in [3.63, 3.8) is 0 Å². The molecule has 1 heteroatoms. The van der Waals surface area contributed by atoms with Crippen LogP contribution in [-0.2, 0) is 6.16 Å². The summed E-state index contributed by atoms with van der Waals surface area (Å²) in [6.45, 7) is 8.86. The molecule has 3 rings (SSSR count). The van der Waals surface area contributed by atoms with Gasteiger partial charge in [-0.3, -0.25) is 0 Å². The Kier molecular flexibility index (Phi) is 5.17. The largest absolute Gasteiger partial charge is 0.0622 e. The Morgan fingerprint density at radius 3 is 1.58 bits per heavy atom. The molecule has 0 saturated carbocycles. The number of hydrogen-bond donors (Lipinski definition) is 0. The predicted octanol–water partition coefficient (Wildman–Crippen LogP) is 5.55. The van der Waals surface area contributed by atoms with E-state index in [1.807, 2.05) is 0 Å². The molecule has 0 radical (unpaired) electrons. The maximum Gasteiger partial charge on any atom is 0.000762 e. The molecule has 0 amide bonds. The molecule has 0 aliphatic rings. The first-order valence-corrected chi connectivity index (χ1v) is 10.0. The number of aryl methyl sites for hydroxylation is 4. The first kappa shape index (κ1) is 16.9. The fourth-order valence-electron chi connectivity index (χ4n) is 3.28. The summed E-state index contributed by atoms with van der Waals surface area (Å²) in [7, 11) is -0.394. The average Bonchev–Trinajstić information content (AvgIpc) is 2.55. The van der Waals surface area contributed by atoms with E-state index in [0.717, 1.165) is 6.16 Å². The van der Waals surface area contributed by atoms with Crippen molar-refractivity contribution < 1.29 is 0 Å². The van der Waals surface area contributed by atoms with Crippen molar-refractivity contribution in [2.45, 2.75) is 33.9 Å². The van der Waals surface area contributed by atoms with Gasteiger partial charge < -0.3 is 0 Å². The van der Waals surface area contributed by atoms with E-state index in [4.69, 9.17) is 0 Å². The zero-order chi connectivity index (χ0) is 17.1. The molecular formula is C23H25P. The Balaban J connectivity index is 2.09. The third-order valence-electron chi connectivity index (χ3n) is 4.47. The van der Waals surface area contributed by atoms with Gasteiger partial charge in [-0.25, -0.2) is 0 Å². The molecule has 0 fully saturated rings. The highest BCUT2D eigenvalue weighted by atomic mass is 31.1. The van der Waals surface area contributed by atoms with Crippen LogP contribution in [0.2, 0.25) is 0 Å². The van der Waals surface area contributed by atoms with E-state index in [0.29, 0.717) is 0 Å². The Hall–Kier alpha value is -1.91. The number of benzene rings is 3. The zero-order valence-electron chi connectivity index (χ0n) is 15.0. The number of hydrogen-bond acceptors (Lipinski definition) is 0. The zero-order valence-corrected chi connectivity index (χ0v) is 15.9. The third-order valence-corrected chi connectivity index (χ3v) is 7.32. The Morgan fingerprint density at radius 1 is 0.625 bits per heavy atom. The summed E-state index contributed by atoms with van der Waals surface area (Å²) >= 11 is 0. The molecule has 3 aromatic carbocycles. The predicted molar refractivity (Wildman–Crippen MR) is 108 cm³/mol. The first-order valence-electron chi connectivity index (χ1n) is 8.50. The van der Waals surface area contributed by atoms with Crippen LogP contribution in [0.4, 0.5) is 0 Å². The van der Waals surface area contributed by atoms with Gasteiger partial charge in [0.1, 0.15) is 0 Å². The molecule has 0 nitrogen and oxygen atoms in total. The Labute approximate surface area is 147 Å². The molecule has 0 N–H and O–H groups in total. The summed E-state index contributed by atoms with van der Waals surface area (Å²) < 4.78 is 0. The maximum atomic E-state index is 2.35. The lowest BCUT2D eigenvalue weighted by atomic mass is 10.1. The van der Waals surface area contributed by atoms with Crippen molar-refractivity contribution in [2.75, 3.05) is 0 Å². The summed E-state index contributed by atoms with van der Waals surface area (Å²) in [5.74, 6) is 0. The smallest absolute Gasteiger partial charge is 0.000762 e. The van der Waals surface area contributed by atoms with Crippen molar-refractivity contribution in [2.24, 2.45) is 0 Å². The van der Waals surface area contributed by atoms with Gasteiger partial charge in [0.15, 0.2) is 0 Å². The highest BCUT2D eigenvalue weighted by molar-refractivity contribution is 7.72. The van der Waals surface area contributed by atoms with Crippen molar-refractivity contribution in [1.82, 2.24) is 0 Å². The highest BCUT2D eigenvalue weighted by Crippen LogP contribution is 2.40. The lowest BCUT2D eigenvalue weighted by Gasteiger charge is -2.23. The van der Waals surface area contributed by atoms with Crippen LogP contribution in [0.15, 0.2) is 66.7 Å². The van der Waals surface area contributed by atoms with Gasteiger partial charge in [-0.15, -0.1) is 0 Å². The summed E-state index contributed by atoms with van der Waals surface area (Å²) in [6, 6.07) is 24.7. The van der Waals surface area contributed by atoms with Crippen molar-refractivity contribution in [1.29, 1.82) is 0 Å². The maximum absolute atomic E-state index is 2.35. The van der Waals surface area contributed by atoms with Crippen molar-refractivity contribution in [3.8, 4) is 0 Å². The Morgan fingerprint density at radius 2 is 1.12 bits per heavy atom. The topological polar surface area (TPSA) is 0 Å². The molecule has 3 aromatic rings. The van der Waals surface area contributed by atoms with E-state index in [-0.39, 0.29) is 0 Å². The molecule has 0 aliphatic heterocycles. The van der Waals surface area contributed by atoms with Gasteiger partial charge in [0.25, 0.3) is 0 Å². The Bertz CT molecular complexity index is 782. The van der Waals surface area contributed by atoms with Crippen LogP contribution in [0.3, 0.4) is 0 Å². The van der Waals surface area contributed by atoms with E-state index >= 15 is 0 Å². The molecular weight excluding hydrogens is 307 g/mol. The quantitative estimate of drug-likeness (QED) is 0.549. The van der Waals surface area contributed by atoms with Gasteiger partial charge >= 0.3 is 0 Å². The molecule has 0 aromatic heterocycles. The molecule has 0 saturated heterocycles. The van der Waals surface area contributed by atoms with Crippen LogP contribution in [-0.4, -0.2) is 0 Å². The molecule has 122 valence electrons. The highest BCUT2D eigenvalue weighted by Gasteiger charge is 2.18. The van der Waals surface area contributed by atoms with Crippen LogP contribution < -0.4 is 10.6 Å². The number of rotatable bonds is 4. The third kappa shape index (κ3) is 3.77. The molecule has 0 heterocycles. The lowest BCUT2D eigenvalue weighted by molar-refractivity contribution is 1.37. The molecule has 0 unspecified atom stereocenters. The van der Waals surface area contributed by atoms with E-state index in [2.05, 4.69) is 94.4 Å². The summed E-state index contributed by atoms with van der Waals surface area (Å²) in [4.78, 5) is 0. The van der Waals surface area contributed by atoms with E-state index in [1.54, 1.807) is 0 Å². The van der Waals surface area contributed by atoms with Gasteiger partial charge in [-0.05, 0) is 62.9 Å². The SMILES string of the molecule is Cc1ccc(P(Cc2ccccc2)c2ccc(C)cc2C)c(C)c1. The lowest BCUT2D eigenvalue weighted by Crippen LogP contribution is -2.18. The fourth-order valence-corrected chi connectivity index (χ4v) is 5.95. The van der Waals surface area contributed by atoms with E-state index in [1.165, 1.54) is 38.4 Å². The van der Waals surface area contributed by atoms with Crippen LogP contribution in [0.25, 0.3) is 0 Å². The first-order chi connectivity index (χ1) is 11.5. The minimum absolute atomic E-state index is 0.394. The fraction of sp³-hybridized carbons (Fsp3) is 0.217. The van der Waals surface area contributed by atoms with Crippen molar-refractivity contribution >= 4 is 18.5 Å². The van der Waals surface area contributed by atoms with Gasteiger partial charge in [-0.2, -0.15) is 0 Å². The summed E-state index contributed by atoms with van der Waals surface area (Å²) in [5.41, 5.74) is 6.93. The molecule has 0 bridgehead atoms. The standard InChI is InChI=1S/C23H25P/c1-17-10-12-22(19(3)14-17)24(16-21-8-6-5-7-9-21)23-13-11-18(2)15-20(23)4/h5-15H,16H2,1-4H3. The van der Waals surface area contributed by atoms with E-state index in [9.17, 15) is 0 Å². The van der Waals surface area contributed by atoms with Crippen LogP contribution >= 0.6 is 7.92 Å². The summed E-state index contributed by atoms with van der Waals surface area (Å²) in [5, 5.41) is 3.01. The minimum Gasteiger partial charge on any atom is -0.0622 e. The molecule has 0 aliphatic carbocycles. The van der Waals surface area contributed by atoms with Gasteiger partial charge in [0, 0.05) is 6.16 Å². The second kappa shape index (κ2) is 7.32. The van der Waals surface area contributed by atoms with Gasteiger partial charge in [0.2, 0.25) is 0 Å².